The van der Waals surface area contributed by atoms with E-state index in [1.54, 1.807) is 18.2 Å². The Morgan fingerprint density at radius 2 is 2.29 bits per heavy atom. The largest absolute Gasteiger partial charge is 0.489 e. The van der Waals surface area contributed by atoms with Gasteiger partial charge < -0.3 is 15.8 Å². The van der Waals surface area contributed by atoms with E-state index < -0.39 is 0 Å². The molecule has 4 nitrogen and oxygen atoms in total. The van der Waals surface area contributed by atoms with Crippen molar-refractivity contribution in [2.75, 3.05) is 18.5 Å². The van der Waals surface area contributed by atoms with Crippen LogP contribution in [0.2, 0.25) is 0 Å². The van der Waals surface area contributed by atoms with E-state index in [0.717, 1.165) is 0 Å². The molecule has 0 aliphatic heterocycles. The summed E-state index contributed by atoms with van der Waals surface area (Å²) >= 11 is 0. The van der Waals surface area contributed by atoms with Gasteiger partial charge in [0.2, 0.25) is 5.91 Å². The van der Waals surface area contributed by atoms with Gasteiger partial charge in [-0.1, -0.05) is 18.7 Å². The van der Waals surface area contributed by atoms with Crippen LogP contribution in [0.25, 0.3) is 0 Å². The highest BCUT2D eigenvalue weighted by molar-refractivity contribution is 5.90. The lowest BCUT2D eigenvalue weighted by Gasteiger charge is -2.07. The van der Waals surface area contributed by atoms with Crippen molar-refractivity contribution in [1.82, 2.24) is 0 Å². The van der Waals surface area contributed by atoms with Crippen molar-refractivity contribution in [3.8, 4) is 5.75 Å². The summed E-state index contributed by atoms with van der Waals surface area (Å²) < 4.78 is 5.34. The molecule has 0 aromatic heterocycles. The molecule has 1 aromatic rings. The Balaban J connectivity index is 0.00000256. The van der Waals surface area contributed by atoms with Crippen molar-refractivity contribution in [1.29, 1.82) is 0 Å². The number of hydrogen-bond donors (Lipinski definition) is 2. The summed E-state index contributed by atoms with van der Waals surface area (Å²) in [5.41, 5.74) is 5.99. The molecule has 5 heteroatoms. The van der Waals surface area contributed by atoms with E-state index in [1.807, 2.05) is 12.1 Å². The average Bonchev–Trinajstić information content (AvgIpc) is 2.27. The van der Waals surface area contributed by atoms with Crippen LogP contribution in [0.15, 0.2) is 36.9 Å². The second-order valence-corrected chi connectivity index (χ2v) is 3.21. The van der Waals surface area contributed by atoms with Crippen LogP contribution in [-0.2, 0) is 4.79 Å². The van der Waals surface area contributed by atoms with Gasteiger partial charge in [0.1, 0.15) is 12.4 Å². The maximum absolute atomic E-state index is 11.3. The van der Waals surface area contributed by atoms with Gasteiger partial charge in [-0.25, -0.2) is 0 Å². The molecule has 1 aromatic carbocycles. The molecule has 0 atom stereocenters. The third-order valence-corrected chi connectivity index (χ3v) is 1.86. The fraction of sp³-hybridized carbons (Fsp3) is 0.250. The number of nitrogens with two attached hydrogens (primary N) is 1. The number of carbonyl (C=O) groups is 1. The van der Waals surface area contributed by atoms with Crippen molar-refractivity contribution in [2.24, 2.45) is 5.73 Å². The lowest BCUT2D eigenvalue weighted by atomic mass is 10.3. The molecule has 1 rings (SSSR count). The van der Waals surface area contributed by atoms with Crippen LogP contribution >= 0.6 is 12.4 Å². The molecule has 0 fully saturated rings. The molecule has 0 saturated carbocycles. The molecule has 94 valence electrons. The first kappa shape index (κ1) is 15.5. The molecular weight excluding hydrogens is 240 g/mol. The SMILES string of the molecule is C=CCOc1cccc(NC(=O)CCN)c1.Cl. The molecule has 0 heterocycles. The molecule has 0 bridgehead atoms. The van der Waals surface area contributed by atoms with Crippen molar-refractivity contribution < 1.29 is 9.53 Å². The van der Waals surface area contributed by atoms with Crippen LogP contribution in [0.1, 0.15) is 6.42 Å². The Kier molecular flexibility index (Phi) is 7.84. The van der Waals surface area contributed by atoms with Gasteiger partial charge in [0.25, 0.3) is 0 Å². The molecular formula is C12H17ClN2O2. The standard InChI is InChI=1S/C12H16N2O2.ClH/c1-2-8-16-11-5-3-4-10(9-11)14-12(15)6-7-13;/h2-5,9H,1,6-8,13H2,(H,14,15);1H. The normalized spacial score (nSPS) is 9.00. The summed E-state index contributed by atoms with van der Waals surface area (Å²) in [6.07, 6.45) is 1.98. The number of amides is 1. The fourth-order valence-electron chi connectivity index (χ4n) is 1.17. The molecule has 0 radical (unpaired) electrons. The summed E-state index contributed by atoms with van der Waals surface area (Å²) in [6, 6.07) is 7.20. The molecule has 0 spiro atoms. The maximum Gasteiger partial charge on any atom is 0.225 e. The molecule has 1 amide bonds. The van der Waals surface area contributed by atoms with Crippen LogP contribution in [0.5, 0.6) is 5.75 Å². The number of benzene rings is 1. The number of nitrogens with one attached hydrogen (secondary N) is 1. The summed E-state index contributed by atoms with van der Waals surface area (Å²) in [5.74, 6) is 0.605. The number of anilines is 1. The number of halogens is 1. The van der Waals surface area contributed by atoms with Crippen molar-refractivity contribution >= 4 is 24.0 Å². The first-order valence-corrected chi connectivity index (χ1v) is 5.10. The van der Waals surface area contributed by atoms with Gasteiger partial charge in [0.15, 0.2) is 0 Å². The summed E-state index contributed by atoms with van der Waals surface area (Å²) in [6.45, 7) is 4.35. The minimum absolute atomic E-state index is 0. The second-order valence-electron chi connectivity index (χ2n) is 3.21. The van der Waals surface area contributed by atoms with Gasteiger partial charge >= 0.3 is 0 Å². The smallest absolute Gasteiger partial charge is 0.225 e. The van der Waals surface area contributed by atoms with E-state index in [4.69, 9.17) is 10.5 Å². The Bertz CT molecular complexity index is 369. The first-order chi connectivity index (χ1) is 7.76. The van der Waals surface area contributed by atoms with Crippen LogP contribution in [-0.4, -0.2) is 19.1 Å². The highest BCUT2D eigenvalue weighted by atomic mass is 35.5. The van der Waals surface area contributed by atoms with Gasteiger partial charge in [-0.2, -0.15) is 0 Å². The molecule has 17 heavy (non-hydrogen) atoms. The van der Waals surface area contributed by atoms with E-state index in [2.05, 4.69) is 11.9 Å². The van der Waals surface area contributed by atoms with Crippen LogP contribution in [0.3, 0.4) is 0 Å². The van der Waals surface area contributed by atoms with Gasteiger partial charge in [-0.05, 0) is 12.1 Å². The third kappa shape index (κ3) is 5.94. The van der Waals surface area contributed by atoms with Gasteiger partial charge in [-0.15, -0.1) is 12.4 Å². The van der Waals surface area contributed by atoms with Crippen molar-refractivity contribution in [3.63, 3.8) is 0 Å². The van der Waals surface area contributed by atoms with Crippen LogP contribution in [0, 0.1) is 0 Å². The van der Waals surface area contributed by atoms with E-state index in [9.17, 15) is 4.79 Å². The monoisotopic (exact) mass is 256 g/mol. The van der Waals surface area contributed by atoms with Crippen molar-refractivity contribution in [2.45, 2.75) is 6.42 Å². The van der Waals surface area contributed by atoms with Crippen LogP contribution < -0.4 is 15.8 Å². The van der Waals surface area contributed by atoms with E-state index in [0.29, 0.717) is 31.0 Å². The Morgan fingerprint density at radius 3 is 2.94 bits per heavy atom. The first-order valence-electron chi connectivity index (χ1n) is 5.10. The minimum atomic E-state index is -0.0941. The third-order valence-electron chi connectivity index (χ3n) is 1.86. The predicted molar refractivity (Wildman–Crippen MR) is 71.7 cm³/mol. The molecule has 0 aliphatic carbocycles. The van der Waals surface area contributed by atoms with E-state index in [1.165, 1.54) is 0 Å². The zero-order chi connectivity index (χ0) is 11.8. The topological polar surface area (TPSA) is 64.3 Å². The molecule has 0 saturated heterocycles. The van der Waals surface area contributed by atoms with E-state index in [-0.39, 0.29) is 18.3 Å². The number of ether oxygens (including phenoxy) is 1. The quantitative estimate of drug-likeness (QED) is 0.765. The van der Waals surface area contributed by atoms with Gasteiger partial charge in [-0.3, -0.25) is 4.79 Å². The number of hydrogen-bond acceptors (Lipinski definition) is 3. The van der Waals surface area contributed by atoms with E-state index >= 15 is 0 Å². The Labute approximate surface area is 107 Å². The fourth-order valence-corrected chi connectivity index (χ4v) is 1.17. The second kappa shape index (κ2) is 8.61. The highest BCUT2D eigenvalue weighted by Crippen LogP contribution is 2.17. The number of carbonyl (C=O) groups excluding carboxylic acids is 1. The number of rotatable bonds is 6. The summed E-state index contributed by atoms with van der Waals surface area (Å²) in [7, 11) is 0. The molecule has 0 aliphatic rings. The predicted octanol–water partition coefficient (Wildman–Crippen LogP) is 1.96. The summed E-state index contributed by atoms with van der Waals surface area (Å²) in [4.78, 5) is 11.3. The Hall–Kier alpha value is -1.52. The Morgan fingerprint density at radius 1 is 1.53 bits per heavy atom. The summed E-state index contributed by atoms with van der Waals surface area (Å²) in [5, 5.41) is 2.73. The highest BCUT2D eigenvalue weighted by Gasteiger charge is 2.01. The molecule has 3 N–H and O–H groups in total. The maximum atomic E-state index is 11.3. The lowest BCUT2D eigenvalue weighted by molar-refractivity contribution is -0.116. The average molecular weight is 257 g/mol. The van der Waals surface area contributed by atoms with Crippen molar-refractivity contribution in [3.05, 3.63) is 36.9 Å². The minimum Gasteiger partial charge on any atom is -0.489 e. The zero-order valence-electron chi connectivity index (χ0n) is 9.52. The van der Waals surface area contributed by atoms with Gasteiger partial charge in [0.05, 0.1) is 0 Å². The lowest BCUT2D eigenvalue weighted by Crippen LogP contribution is -2.16. The zero-order valence-corrected chi connectivity index (χ0v) is 10.3. The molecule has 0 unspecified atom stereocenters. The van der Waals surface area contributed by atoms with Gasteiger partial charge in [0, 0.05) is 24.7 Å². The van der Waals surface area contributed by atoms with Crippen LogP contribution in [0.4, 0.5) is 5.69 Å².